The first-order valence-corrected chi connectivity index (χ1v) is 6.64. The van der Waals surface area contributed by atoms with Crippen molar-refractivity contribution in [2.75, 3.05) is 25.0 Å². The molecule has 1 aromatic rings. The lowest BCUT2D eigenvalue weighted by molar-refractivity contribution is -0.122. The van der Waals surface area contributed by atoms with Gasteiger partial charge in [0.25, 0.3) is 0 Å². The van der Waals surface area contributed by atoms with Gasteiger partial charge < -0.3 is 10.2 Å². The molecule has 3 nitrogen and oxygen atoms in total. The minimum Gasteiger partial charge on any atom is -0.316 e. The number of aryl methyl sites for hydroxylation is 2. The Hall–Kier alpha value is -1.35. The fourth-order valence-corrected chi connectivity index (χ4v) is 2.61. The summed E-state index contributed by atoms with van der Waals surface area (Å²) >= 11 is 0. The van der Waals surface area contributed by atoms with Gasteiger partial charge in [-0.1, -0.05) is 6.07 Å². The highest BCUT2D eigenvalue weighted by molar-refractivity contribution is 5.94. The number of hydrogen-bond donors (Lipinski definition) is 1. The van der Waals surface area contributed by atoms with Crippen LogP contribution >= 0.6 is 0 Å². The number of amides is 1. The van der Waals surface area contributed by atoms with Crippen molar-refractivity contribution < 1.29 is 4.79 Å². The highest BCUT2D eigenvalue weighted by atomic mass is 16.2. The second-order valence-electron chi connectivity index (χ2n) is 5.29. The van der Waals surface area contributed by atoms with Gasteiger partial charge in [-0.2, -0.15) is 0 Å². The molecule has 1 atom stereocenters. The first-order valence-electron chi connectivity index (χ1n) is 6.64. The molecule has 2 rings (SSSR count). The highest BCUT2D eigenvalue weighted by Gasteiger charge is 2.24. The Balaban J connectivity index is 2.14. The summed E-state index contributed by atoms with van der Waals surface area (Å²) in [5, 5.41) is 3.30. The average Bonchev–Trinajstić information content (AvgIpc) is 2.37. The number of nitrogens with one attached hydrogen (secondary N) is 1. The number of carbonyl (C=O) groups excluding carboxylic acids is 1. The second kappa shape index (κ2) is 5.53. The second-order valence-corrected chi connectivity index (χ2v) is 5.29. The Morgan fingerprint density at radius 3 is 2.50 bits per heavy atom. The summed E-state index contributed by atoms with van der Waals surface area (Å²) in [4.78, 5) is 14.2. The minimum atomic E-state index is 0.129. The van der Waals surface area contributed by atoms with Crippen LogP contribution in [0.25, 0.3) is 0 Å². The highest BCUT2D eigenvalue weighted by Crippen LogP contribution is 2.21. The zero-order valence-electron chi connectivity index (χ0n) is 11.5. The van der Waals surface area contributed by atoms with Gasteiger partial charge in [0, 0.05) is 19.3 Å². The Morgan fingerprint density at radius 1 is 1.28 bits per heavy atom. The summed E-state index contributed by atoms with van der Waals surface area (Å²) < 4.78 is 0. The standard InChI is InChI=1S/C15H22N2O/c1-11-7-12(2)9-14(8-11)17(3)15(18)13-5-4-6-16-10-13/h7-9,13,16H,4-6,10H2,1-3H3/t13-/m1/s1. The average molecular weight is 246 g/mol. The van der Waals surface area contributed by atoms with E-state index < -0.39 is 0 Å². The van der Waals surface area contributed by atoms with Crippen molar-refractivity contribution >= 4 is 11.6 Å². The predicted octanol–water partition coefficient (Wildman–Crippen LogP) is 2.27. The summed E-state index contributed by atoms with van der Waals surface area (Å²) in [6.07, 6.45) is 2.10. The Morgan fingerprint density at radius 2 is 1.94 bits per heavy atom. The zero-order valence-corrected chi connectivity index (χ0v) is 11.5. The third-order valence-corrected chi connectivity index (χ3v) is 3.57. The van der Waals surface area contributed by atoms with Crippen LogP contribution in [0, 0.1) is 19.8 Å². The van der Waals surface area contributed by atoms with Crippen LogP contribution in [0.4, 0.5) is 5.69 Å². The van der Waals surface area contributed by atoms with Crippen LogP contribution in [0.3, 0.4) is 0 Å². The summed E-state index contributed by atoms with van der Waals surface area (Å²) in [6, 6.07) is 6.27. The van der Waals surface area contributed by atoms with Gasteiger partial charge in [-0.25, -0.2) is 0 Å². The lowest BCUT2D eigenvalue weighted by atomic mass is 9.98. The van der Waals surface area contributed by atoms with Gasteiger partial charge in [-0.3, -0.25) is 4.79 Å². The van der Waals surface area contributed by atoms with Gasteiger partial charge in [-0.05, 0) is 56.5 Å². The number of rotatable bonds is 2. The molecule has 0 bridgehead atoms. The van der Waals surface area contributed by atoms with Crippen LogP contribution in [0.5, 0.6) is 0 Å². The Bertz CT molecular complexity index is 416. The van der Waals surface area contributed by atoms with Crippen LogP contribution in [0.15, 0.2) is 18.2 Å². The molecule has 0 aliphatic carbocycles. The lowest BCUT2D eigenvalue weighted by Crippen LogP contribution is -2.41. The van der Waals surface area contributed by atoms with Crippen molar-refractivity contribution in [2.24, 2.45) is 5.92 Å². The summed E-state index contributed by atoms with van der Waals surface area (Å²) in [5.74, 6) is 0.358. The number of nitrogens with zero attached hydrogens (tertiary/aromatic N) is 1. The van der Waals surface area contributed by atoms with Gasteiger partial charge in [0.15, 0.2) is 0 Å². The van der Waals surface area contributed by atoms with Crippen molar-refractivity contribution in [1.82, 2.24) is 5.32 Å². The molecular formula is C15H22N2O. The fourth-order valence-electron chi connectivity index (χ4n) is 2.61. The smallest absolute Gasteiger partial charge is 0.231 e. The maximum absolute atomic E-state index is 12.4. The molecule has 3 heteroatoms. The molecule has 0 radical (unpaired) electrons. The van der Waals surface area contributed by atoms with Crippen LogP contribution < -0.4 is 10.2 Å². The van der Waals surface area contributed by atoms with Gasteiger partial charge in [-0.15, -0.1) is 0 Å². The molecule has 1 aromatic carbocycles. The number of anilines is 1. The Kier molecular flexibility index (Phi) is 4.02. The summed E-state index contributed by atoms with van der Waals surface area (Å²) in [7, 11) is 1.88. The molecule has 1 aliphatic heterocycles. The van der Waals surface area contributed by atoms with Crippen molar-refractivity contribution in [1.29, 1.82) is 0 Å². The molecule has 0 aromatic heterocycles. The minimum absolute atomic E-state index is 0.129. The fraction of sp³-hybridized carbons (Fsp3) is 0.533. The Labute approximate surface area is 109 Å². The van der Waals surface area contributed by atoms with E-state index in [1.165, 1.54) is 11.1 Å². The molecule has 1 amide bonds. The largest absolute Gasteiger partial charge is 0.316 e. The van der Waals surface area contributed by atoms with Gasteiger partial charge in [0.2, 0.25) is 5.91 Å². The maximum atomic E-state index is 12.4. The SMILES string of the molecule is Cc1cc(C)cc(N(C)C(=O)[C@@H]2CCCNC2)c1. The number of carbonyl (C=O) groups is 1. The first kappa shape index (κ1) is 13.1. The van der Waals surface area contributed by atoms with E-state index in [-0.39, 0.29) is 11.8 Å². The number of piperidine rings is 1. The summed E-state index contributed by atoms with van der Waals surface area (Å²) in [5.41, 5.74) is 3.40. The van der Waals surface area contributed by atoms with Gasteiger partial charge >= 0.3 is 0 Å². The molecule has 1 heterocycles. The van der Waals surface area contributed by atoms with Gasteiger partial charge in [0.05, 0.1) is 5.92 Å². The molecule has 1 aliphatic rings. The monoisotopic (exact) mass is 246 g/mol. The maximum Gasteiger partial charge on any atom is 0.231 e. The van der Waals surface area contributed by atoms with E-state index in [2.05, 4.69) is 37.4 Å². The molecule has 1 saturated heterocycles. The van der Waals surface area contributed by atoms with Crippen molar-refractivity contribution in [3.63, 3.8) is 0 Å². The first-order chi connectivity index (χ1) is 8.58. The van der Waals surface area contributed by atoms with E-state index in [0.717, 1.165) is 31.6 Å². The zero-order chi connectivity index (χ0) is 13.1. The van der Waals surface area contributed by atoms with E-state index in [0.29, 0.717) is 0 Å². The molecular weight excluding hydrogens is 224 g/mol. The van der Waals surface area contributed by atoms with Gasteiger partial charge in [0.1, 0.15) is 0 Å². The molecule has 98 valence electrons. The van der Waals surface area contributed by atoms with Crippen LogP contribution in [0.1, 0.15) is 24.0 Å². The van der Waals surface area contributed by atoms with E-state index in [1.807, 2.05) is 7.05 Å². The lowest BCUT2D eigenvalue weighted by Gasteiger charge is -2.27. The molecule has 0 saturated carbocycles. The molecule has 18 heavy (non-hydrogen) atoms. The van der Waals surface area contributed by atoms with Crippen LogP contribution in [-0.2, 0) is 4.79 Å². The van der Waals surface area contributed by atoms with Crippen LogP contribution in [-0.4, -0.2) is 26.0 Å². The van der Waals surface area contributed by atoms with E-state index in [1.54, 1.807) is 4.90 Å². The molecule has 1 fully saturated rings. The third kappa shape index (κ3) is 2.91. The summed E-state index contributed by atoms with van der Waals surface area (Å²) in [6.45, 7) is 5.99. The molecule has 0 unspecified atom stereocenters. The quantitative estimate of drug-likeness (QED) is 0.868. The van der Waals surface area contributed by atoms with E-state index >= 15 is 0 Å². The molecule has 1 N–H and O–H groups in total. The van der Waals surface area contributed by atoms with E-state index in [9.17, 15) is 4.79 Å². The van der Waals surface area contributed by atoms with Crippen molar-refractivity contribution in [2.45, 2.75) is 26.7 Å². The predicted molar refractivity (Wildman–Crippen MR) is 74.9 cm³/mol. The molecule has 0 spiro atoms. The van der Waals surface area contributed by atoms with Crippen molar-refractivity contribution in [3.05, 3.63) is 29.3 Å². The van der Waals surface area contributed by atoms with E-state index in [4.69, 9.17) is 0 Å². The number of benzene rings is 1. The third-order valence-electron chi connectivity index (χ3n) is 3.57. The van der Waals surface area contributed by atoms with Crippen molar-refractivity contribution in [3.8, 4) is 0 Å². The topological polar surface area (TPSA) is 32.3 Å². The normalized spacial score (nSPS) is 19.6. The van der Waals surface area contributed by atoms with Crippen LogP contribution in [0.2, 0.25) is 0 Å². The number of hydrogen-bond acceptors (Lipinski definition) is 2.